The van der Waals surface area contributed by atoms with Gasteiger partial charge < -0.3 is 19.7 Å². The first-order valence-corrected chi connectivity index (χ1v) is 10.1. The van der Waals surface area contributed by atoms with Gasteiger partial charge >= 0.3 is 0 Å². The highest BCUT2D eigenvalue weighted by atomic mass is 16.6. The Labute approximate surface area is 170 Å². The number of amides is 2. The van der Waals surface area contributed by atoms with Crippen molar-refractivity contribution in [1.82, 2.24) is 9.88 Å². The van der Waals surface area contributed by atoms with Gasteiger partial charge in [0.25, 0.3) is 11.8 Å². The van der Waals surface area contributed by atoms with Crippen molar-refractivity contribution >= 4 is 17.5 Å². The summed E-state index contributed by atoms with van der Waals surface area (Å²) >= 11 is 0. The Hall–Kier alpha value is -3.09. The predicted octanol–water partition coefficient (Wildman–Crippen LogP) is 3.51. The van der Waals surface area contributed by atoms with E-state index in [1.807, 2.05) is 4.90 Å². The van der Waals surface area contributed by atoms with E-state index in [1.54, 1.807) is 30.3 Å². The first-order chi connectivity index (χ1) is 14.2. The van der Waals surface area contributed by atoms with E-state index in [0.717, 1.165) is 32.2 Å². The molecule has 0 saturated carbocycles. The van der Waals surface area contributed by atoms with Crippen molar-refractivity contribution in [2.75, 3.05) is 25.1 Å². The molecule has 0 bridgehead atoms. The van der Waals surface area contributed by atoms with Crippen molar-refractivity contribution in [1.29, 1.82) is 0 Å². The van der Waals surface area contributed by atoms with Gasteiger partial charge in [-0.1, -0.05) is 6.92 Å². The lowest BCUT2D eigenvalue weighted by Gasteiger charge is -2.35. The number of aromatic nitrogens is 1. The first-order valence-electron chi connectivity index (χ1n) is 10.1. The number of nitrogens with zero attached hydrogens (tertiary/aromatic N) is 2. The fraction of sp³-hybridized carbons (Fsp3) is 0.409. The lowest BCUT2D eigenvalue weighted by atomic mass is 9.99. The molecule has 2 amide bonds. The molecule has 1 saturated heterocycles. The molecule has 1 fully saturated rings. The second kappa shape index (κ2) is 8.51. The van der Waals surface area contributed by atoms with Crippen LogP contribution in [-0.2, 0) is 0 Å². The molecular formula is C22H25N3O4. The highest BCUT2D eigenvalue weighted by Crippen LogP contribution is 2.32. The molecule has 2 aliphatic rings. The number of hydrogen-bond acceptors (Lipinski definition) is 5. The largest absolute Gasteiger partial charge is 0.486 e. The molecular weight excluding hydrogens is 370 g/mol. The van der Waals surface area contributed by atoms with Crippen molar-refractivity contribution in [3.8, 4) is 11.5 Å². The zero-order valence-electron chi connectivity index (χ0n) is 16.5. The Kier molecular flexibility index (Phi) is 5.64. The van der Waals surface area contributed by atoms with E-state index in [0.29, 0.717) is 41.7 Å². The van der Waals surface area contributed by atoms with E-state index in [9.17, 15) is 9.59 Å². The molecule has 0 spiro atoms. The number of anilines is 1. The third-order valence-corrected chi connectivity index (χ3v) is 5.40. The minimum absolute atomic E-state index is 0.106. The number of fused-ring (bicyclic) bond motifs is 1. The van der Waals surface area contributed by atoms with Crippen LogP contribution in [0.5, 0.6) is 11.5 Å². The monoisotopic (exact) mass is 395 g/mol. The molecule has 4 rings (SSSR count). The molecule has 7 nitrogen and oxygen atoms in total. The molecule has 0 aliphatic carbocycles. The van der Waals surface area contributed by atoms with E-state index in [2.05, 4.69) is 17.2 Å². The summed E-state index contributed by atoms with van der Waals surface area (Å²) in [4.78, 5) is 31.8. The summed E-state index contributed by atoms with van der Waals surface area (Å²) < 4.78 is 11.1. The van der Waals surface area contributed by atoms with Crippen molar-refractivity contribution in [3.63, 3.8) is 0 Å². The lowest BCUT2D eigenvalue weighted by Crippen LogP contribution is -2.43. The van der Waals surface area contributed by atoms with Gasteiger partial charge in [-0.05, 0) is 49.9 Å². The van der Waals surface area contributed by atoms with Gasteiger partial charge in [-0.2, -0.15) is 0 Å². The van der Waals surface area contributed by atoms with Crippen LogP contribution in [0, 0.1) is 0 Å². The van der Waals surface area contributed by atoms with Crippen LogP contribution in [0.25, 0.3) is 0 Å². The number of pyridine rings is 1. The van der Waals surface area contributed by atoms with Crippen LogP contribution in [0.3, 0.4) is 0 Å². The molecule has 7 heteroatoms. The topological polar surface area (TPSA) is 80.8 Å². The molecule has 2 aliphatic heterocycles. The molecule has 29 heavy (non-hydrogen) atoms. The van der Waals surface area contributed by atoms with E-state index in [1.165, 1.54) is 6.20 Å². The van der Waals surface area contributed by atoms with Crippen LogP contribution in [0.15, 0.2) is 36.5 Å². The molecule has 1 aromatic carbocycles. The third kappa shape index (κ3) is 4.18. The average Bonchev–Trinajstić information content (AvgIpc) is 2.78. The van der Waals surface area contributed by atoms with E-state index < -0.39 is 0 Å². The number of rotatable bonds is 4. The Morgan fingerprint density at radius 3 is 2.79 bits per heavy atom. The van der Waals surface area contributed by atoms with E-state index >= 15 is 0 Å². The zero-order valence-corrected chi connectivity index (χ0v) is 16.5. The molecule has 3 heterocycles. The van der Waals surface area contributed by atoms with Gasteiger partial charge in [0.2, 0.25) is 0 Å². The standard InChI is InChI=1S/C22H25N3O4/c1-2-17-5-3-4-10-25(17)22(27)18-13-15(8-9-23-18)21(26)24-16-6-7-19-20(14-16)29-12-11-28-19/h6-9,13-14,17H,2-5,10-12H2,1H3,(H,24,26). The summed E-state index contributed by atoms with van der Waals surface area (Å²) in [6.07, 6.45) is 5.61. The Bertz CT molecular complexity index is 915. The molecule has 1 atom stereocenters. The smallest absolute Gasteiger partial charge is 0.272 e. The van der Waals surface area contributed by atoms with E-state index in [-0.39, 0.29) is 17.9 Å². The highest BCUT2D eigenvalue weighted by molar-refractivity contribution is 6.05. The van der Waals surface area contributed by atoms with Crippen LogP contribution < -0.4 is 14.8 Å². The Balaban J connectivity index is 1.49. The molecule has 1 N–H and O–H groups in total. The van der Waals surface area contributed by atoms with Crippen molar-refractivity contribution in [2.24, 2.45) is 0 Å². The second-order valence-corrected chi connectivity index (χ2v) is 7.30. The van der Waals surface area contributed by atoms with Gasteiger partial charge in [0.05, 0.1) is 0 Å². The lowest BCUT2D eigenvalue weighted by molar-refractivity contribution is 0.0602. The van der Waals surface area contributed by atoms with Crippen LogP contribution in [0.2, 0.25) is 0 Å². The fourth-order valence-corrected chi connectivity index (χ4v) is 3.85. The van der Waals surface area contributed by atoms with Crippen LogP contribution in [0.1, 0.15) is 53.5 Å². The number of carbonyl (C=O) groups is 2. The maximum Gasteiger partial charge on any atom is 0.272 e. The fourth-order valence-electron chi connectivity index (χ4n) is 3.85. The summed E-state index contributed by atoms with van der Waals surface area (Å²) in [6.45, 7) is 3.84. The van der Waals surface area contributed by atoms with Crippen LogP contribution in [-0.4, -0.2) is 47.5 Å². The van der Waals surface area contributed by atoms with Gasteiger partial charge in [0.15, 0.2) is 11.5 Å². The van der Waals surface area contributed by atoms with Crippen molar-refractivity contribution in [2.45, 2.75) is 38.6 Å². The number of ether oxygens (including phenoxy) is 2. The van der Waals surface area contributed by atoms with Crippen molar-refractivity contribution < 1.29 is 19.1 Å². The summed E-state index contributed by atoms with van der Waals surface area (Å²) in [5, 5.41) is 2.85. The van der Waals surface area contributed by atoms with Gasteiger partial charge in [-0.25, -0.2) is 0 Å². The molecule has 1 aromatic heterocycles. The Morgan fingerprint density at radius 1 is 1.14 bits per heavy atom. The summed E-state index contributed by atoms with van der Waals surface area (Å²) in [5.41, 5.74) is 1.30. The number of hydrogen-bond donors (Lipinski definition) is 1. The number of nitrogens with one attached hydrogen (secondary N) is 1. The molecule has 0 radical (unpaired) electrons. The van der Waals surface area contributed by atoms with Gasteiger partial charge in [0, 0.05) is 36.1 Å². The van der Waals surface area contributed by atoms with Crippen molar-refractivity contribution in [3.05, 3.63) is 47.8 Å². The first kappa shape index (κ1) is 19.2. The number of benzene rings is 1. The third-order valence-electron chi connectivity index (χ3n) is 5.40. The summed E-state index contributed by atoms with van der Waals surface area (Å²) in [7, 11) is 0. The predicted molar refractivity (Wildman–Crippen MR) is 109 cm³/mol. The summed E-state index contributed by atoms with van der Waals surface area (Å²) in [5.74, 6) is 0.864. The Morgan fingerprint density at radius 2 is 1.97 bits per heavy atom. The number of likely N-dealkylation sites (tertiary alicyclic amines) is 1. The SMILES string of the molecule is CCC1CCCCN1C(=O)c1cc(C(=O)Nc2ccc3c(c2)OCCO3)ccn1. The molecule has 2 aromatic rings. The zero-order chi connectivity index (χ0) is 20.2. The normalized spacial score (nSPS) is 18.2. The van der Waals surface area contributed by atoms with Gasteiger partial charge in [-0.15, -0.1) is 0 Å². The molecule has 152 valence electrons. The maximum absolute atomic E-state index is 13.0. The maximum atomic E-state index is 13.0. The van der Waals surface area contributed by atoms with Crippen LogP contribution >= 0.6 is 0 Å². The number of carbonyl (C=O) groups excluding carboxylic acids is 2. The van der Waals surface area contributed by atoms with E-state index in [4.69, 9.17) is 9.47 Å². The quantitative estimate of drug-likeness (QED) is 0.857. The minimum atomic E-state index is -0.302. The average molecular weight is 395 g/mol. The van der Waals surface area contributed by atoms with Crippen LogP contribution in [0.4, 0.5) is 5.69 Å². The highest BCUT2D eigenvalue weighted by Gasteiger charge is 2.27. The molecule has 1 unspecified atom stereocenters. The van der Waals surface area contributed by atoms with Gasteiger partial charge in [-0.3, -0.25) is 14.6 Å². The summed E-state index contributed by atoms with van der Waals surface area (Å²) in [6, 6.07) is 8.69. The van der Waals surface area contributed by atoms with Gasteiger partial charge in [0.1, 0.15) is 18.9 Å². The second-order valence-electron chi connectivity index (χ2n) is 7.30. The number of piperidine rings is 1. The minimum Gasteiger partial charge on any atom is -0.486 e.